The summed E-state index contributed by atoms with van der Waals surface area (Å²) in [7, 11) is 2.71. The third-order valence-electron chi connectivity index (χ3n) is 7.81. The highest BCUT2D eigenvalue weighted by molar-refractivity contribution is 5.90. The summed E-state index contributed by atoms with van der Waals surface area (Å²) in [5.41, 5.74) is 0.810. The maximum Gasteiger partial charge on any atom is 0.374 e. The largest absolute Gasteiger partial charge is 0.490 e. The number of ether oxygens (including phenoxy) is 4. The Labute approximate surface area is 201 Å². The average Bonchev–Trinajstić information content (AvgIpc) is 3.05. The van der Waals surface area contributed by atoms with Gasteiger partial charge in [0.2, 0.25) is 5.76 Å². The first-order valence-electron chi connectivity index (χ1n) is 12.0. The number of carbonyl (C=O) groups excluding carboxylic acids is 3. The number of methoxy groups -OCH3 is 2. The fourth-order valence-electron chi connectivity index (χ4n) is 5.89. The molecule has 0 aromatic heterocycles. The monoisotopic (exact) mass is 478 g/mol. The van der Waals surface area contributed by atoms with Gasteiger partial charge in [0, 0.05) is 11.8 Å². The number of hydrogen-bond acceptors (Lipinski definition) is 8. The van der Waals surface area contributed by atoms with Gasteiger partial charge in [-0.25, -0.2) is 4.79 Å². The SMILES string of the molecule is COC(=O)[C@@H]1[C@@H]2C(=O)[C@H](C)CC[C@@]3(C)OC(=O)C(OC)=C(C(C)C)[C@@H]3C/C=C(\C)[C@H]2O[C@]1(C)O. The molecule has 0 spiro atoms. The number of aliphatic hydroxyl groups is 1. The molecule has 3 rings (SSSR count). The van der Waals surface area contributed by atoms with E-state index < -0.39 is 47.2 Å². The molecule has 0 aromatic rings. The maximum absolute atomic E-state index is 13.7. The Kier molecular flexibility index (Phi) is 7.35. The van der Waals surface area contributed by atoms with Crippen molar-refractivity contribution in [3.05, 3.63) is 23.0 Å². The summed E-state index contributed by atoms with van der Waals surface area (Å²) < 4.78 is 22.3. The lowest BCUT2D eigenvalue weighted by atomic mass is 9.71. The second-order valence-corrected chi connectivity index (χ2v) is 10.5. The van der Waals surface area contributed by atoms with Gasteiger partial charge in [-0.05, 0) is 57.1 Å². The second kappa shape index (κ2) is 9.46. The van der Waals surface area contributed by atoms with Crippen LogP contribution in [0, 0.1) is 29.6 Å². The van der Waals surface area contributed by atoms with Crippen LogP contribution in [0.15, 0.2) is 23.0 Å². The van der Waals surface area contributed by atoms with Crippen LogP contribution in [0.5, 0.6) is 0 Å². The van der Waals surface area contributed by atoms with Crippen molar-refractivity contribution >= 4 is 17.7 Å². The van der Waals surface area contributed by atoms with E-state index in [0.29, 0.717) is 19.3 Å². The maximum atomic E-state index is 13.7. The molecule has 8 nitrogen and oxygen atoms in total. The summed E-state index contributed by atoms with van der Waals surface area (Å²) in [4.78, 5) is 39.1. The van der Waals surface area contributed by atoms with E-state index in [9.17, 15) is 19.5 Å². The zero-order valence-corrected chi connectivity index (χ0v) is 21.5. The average molecular weight is 479 g/mol. The van der Waals surface area contributed by atoms with E-state index in [1.807, 2.05) is 33.8 Å². The van der Waals surface area contributed by atoms with Gasteiger partial charge in [0.25, 0.3) is 0 Å². The Morgan fingerprint density at radius 3 is 2.44 bits per heavy atom. The summed E-state index contributed by atoms with van der Waals surface area (Å²) >= 11 is 0. The van der Waals surface area contributed by atoms with E-state index >= 15 is 0 Å². The molecule has 0 amide bonds. The Hall–Kier alpha value is -2.19. The van der Waals surface area contributed by atoms with Crippen LogP contribution in [0.2, 0.25) is 0 Å². The van der Waals surface area contributed by atoms with E-state index in [1.165, 1.54) is 21.1 Å². The highest BCUT2D eigenvalue weighted by Crippen LogP contribution is 2.48. The minimum atomic E-state index is -1.84. The number of allylic oxidation sites excluding steroid dienone is 1. The summed E-state index contributed by atoms with van der Waals surface area (Å²) in [5, 5.41) is 10.9. The summed E-state index contributed by atoms with van der Waals surface area (Å²) in [6, 6.07) is 0. The van der Waals surface area contributed by atoms with E-state index in [-0.39, 0.29) is 23.4 Å². The number of esters is 2. The molecule has 0 unspecified atom stereocenters. The molecule has 0 saturated carbocycles. The smallest absolute Gasteiger partial charge is 0.374 e. The lowest BCUT2D eigenvalue weighted by molar-refractivity contribution is -0.202. The van der Waals surface area contributed by atoms with Gasteiger partial charge in [-0.1, -0.05) is 26.8 Å². The van der Waals surface area contributed by atoms with Crippen molar-refractivity contribution in [1.29, 1.82) is 0 Å². The molecule has 1 saturated heterocycles. The fourth-order valence-corrected chi connectivity index (χ4v) is 5.89. The van der Waals surface area contributed by atoms with Crippen LogP contribution >= 0.6 is 0 Å². The number of hydrogen-bond donors (Lipinski definition) is 1. The van der Waals surface area contributed by atoms with Gasteiger partial charge < -0.3 is 24.1 Å². The zero-order chi connectivity index (χ0) is 25.6. The number of Topliss-reactive ketones (excluding diaryl/α,β-unsaturated/α-hetero) is 1. The molecule has 3 aliphatic rings. The second-order valence-electron chi connectivity index (χ2n) is 10.5. The lowest BCUT2D eigenvalue weighted by Gasteiger charge is -2.43. The minimum Gasteiger partial charge on any atom is -0.490 e. The molecule has 2 heterocycles. The molecule has 0 radical (unpaired) electrons. The minimum absolute atomic E-state index is 0.0462. The summed E-state index contributed by atoms with van der Waals surface area (Å²) in [6.45, 7) is 11.0. The van der Waals surface area contributed by atoms with E-state index in [0.717, 1.165) is 11.1 Å². The van der Waals surface area contributed by atoms with Crippen molar-refractivity contribution in [1.82, 2.24) is 0 Å². The van der Waals surface area contributed by atoms with Gasteiger partial charge in [-0.3, -0.25) is 9.59 Å². The van der Waals surface area contributed by atoms with Crippen LogP contribution in [0.25, 0.3) is 0 Å². The molecule has 0 aromatic carbocycles. The molecule has 8 heteroatoms. The van der Waals surface area contributed by atoms with Gasteiger partial charge in [0.1, 0.15) is 17.3 Å². The number of rotatable bonds is 3. The normalized spacial score (nSPS) is 40.5. The molecular weight excluding hydrogens is 440 g/mol. The van der Waals surface area contributed by atoms with E-state index in [2.05, 4.69) is 0 Å². The first-order valence-corrected chi connectivity index (χ1v) is 12.0. The number of carbonyl (C=O) groups is 3. The predicted molar refractivity (Wildman–Crippen MR) is 123 cm³/mol. The molecule has 1 fully saturated rings. The first-order chi connectivity index (χ1) is 15.8. The van der Waals surface area contributed by atoms with Gasteiger partial charge in [0.05, 0.1) is 26.2 Å². The number of ketones is 1. The van der Waals surface area contributed by atoms with Crippen LogP contribution < -0.4 is 0 Å². The third-order valence-corrected chi connectivity index (χ3v) is 7.81. The standard InChI is InChI=1S/C26H38O8/c1-13(2)17-16-10-9-15(4)21-18(19(23(28)32-8)26(6,30)33-21)20(27)14(3)11-12-25(16,5)34-24(29)22(17)31-7/h9,13-14,16,18-19,21,30H,10-12H2,1-8H3/b15-9+/t14-,16+,18-,19+,21-,25-,26+/m1/s1. The molecule has 1 N–H and O–H groups in total. The van der Waals surface area contributed by atoms with Crippen LogP contribution in [-0.4, -0.2) is 54.5 Å². The molecule has 0 bridgehead atoms. The molecule has 34 heavy (non-hydrogen) atoms. The van der Waals surface area contributed by atoms with Crippen LogP contribution in [0.1, 0.15) is 60.8 Å². The third kappa shape index (κ3) is 4.42. The van der Waals surface area contributed by atoms with Crippen LogP contribution in [0.4, 0.5) is 0 Å². The zero-order valence-electron chi connectivity index (χ0n) is 21.5. The van der Waals surface area contributed by atoms with E-state index in [4.69, 9.17) is 18.9 Å². The van der Waals surface area contributed by atoms with E-state index in [1.54, 1.807) is 6.92 Å². The van der Waals surface area contributed by atoms with Crippen molar-refractivity contribution < 1.29 is 38.4 Å². The van der Waals surface area contributed by atoms with Crippen LogP contribution in [-0.2, 0) is 33.3 Å². The quantitative estimate of drug-likeness (QED) is 0.486. The fraction of sp³-hybridized carbons (Fsp3) is 0.731. The highest BCUT2D eigenvalue weighted by Gasteiger charge is 2.59. The number of fused-ring (bicyclic) bond motifs is 2. The summed E-state index contributed by atoms with van der Waals surface area (Å²) in [6.07, 6.45) is 2.64. The Morgan fingerprint density at radius 2 is 1.88 bits per heavy atom. The van der Waals surface area contributed by atoms with Crippen molar-refractivity contribution in [2.24, 2.45) is 29.6 Å². The van der Waals surface area contributed by atoms with Crippen LogP contribution in [0.3, 0.4) is 0 Å². The van der Waals surface area contributed by atoms with Crippen molar-refractivity contribution in [3.8, 4) is 0 Å². The molecule has 7 atom stereocenters. The molecule has 1 aliphatic carbocycles. The lowest BCUT2D eigenvalue weighted by Crippen LogP contribution is -2.47. The van der Waals surface area contributed by atoms with Gasteiger partial charge in [-0.2, -0.15) is 0 Å². The molecular formula is C26H38O8. The molecule has 2 aliphatic heterocycles. The Balaban J connectivity index is 2.13. The van der Waals surface area contributed by atoms with Gasteiger partial charge in [-0.15, -0.1) is 0 Å². The van der Waals surface area contributed by atoms with Crippen molar-refractivity contribution in [2.45, 2.75) is 78.3 Å². The predicted octanol–water partition coefficient (Wildman–Crippen LogP) is 3.32. The Morgan fingerprint density at radius 1 is 1.24 bits per heavy atom. The first kappa shape index (κ1) is 26.4. The van der Waals surface area contributed by atoms with Gasteiger partial charge in [0.15, 0.2) is 5.79 Å². The topological polar surface area (TPSA) is 108 Å². The Bertz CT molecular complexity index is 914. The van der Waals surface area contributed by atoms with Crippen molar-refractivity contribution in [3.63, 3.8) is 0 Å². The highest BCUT2D eigenvalue weighted by atomic mass is 16.6. The van der Waals surface area contributed by atoms with Gasteiger partial charge >= 0.3 is 11.9 Å². The molecule has 190 valence electrons. The summed E-state index contributed by atoms with van der Waals surface area (Å²) in [5.74, 6) is -5.50. The van der Waals surface area contributed by atoms with Crippen molar-refractivity contribution in [2.75, 3.05) is 14.2 Å².